The number of likely N-dealkylation sites (tertiary alicyclic amines) is 1. The summed E-state index contributed by atoms with van der Waals surface area (Å²) in [5, 5.41) is 2.88. The van der Waals surface area contributed by atoms with Crippen molar-refractivity contribution in [3.63, 3.8) is 0 Å². The molecular weight excluding hydrogens is 400 g/mol. The number of nitrogens with one attached hydrogen (secondary N) is 1. The number of nitrogens with zero attached hydrogens (tertiary/aromatic N) is 3. The first-order valence-electron chi connectivity index (χ1n) is 10.3. The van der Waals surface area contributed by atoms with Crippen LogP contribution >= 0.6 is 0 Å². The Labute approximate surface area is 180 Å². The molecule has 2 atom stereocenters. The number of urea groups is 1. The van der Waals surface area contributed by atoms with Gasteiger partial charge >= 0.3 is 6.03 Å². The fourth-order valence-corrected chi connectivity index (χ4v) is 3.81. The summed E-state index contributed by atoms with van der Waals surface area (Å²) in [4.78, 5) is 33.7. The maximum atomic E-state index is 13.2. The highest BCUT2D eigenvalue weighted by atomic mass is 16.5. The predicted molar refractivity (Wildman–Crippen MR) is 113 cm³/mol. The van der Waals surface area contributed by atoms with E-state index >= 15 is 0 Å². The molecule has 2 aliphatic heterocycles. The Morgan fingerprint density at radius 2 is 1.90 bits per heavy atom. The molecule has 0 saturated carbocycles. The smallest absolute Gasteiger partial charge is 0.322 e. The number of methoxy groups -OCH3 is 1. The highest BCUT2D eigenvalue weighted by Gasteiger charge is 2.42. The highest BCUT2D eigenvalue weighted by Crippen LogP contribution is 2.26. The van der Waals surface area contributed by atoms with Gasteiger partial charge in [0.15, 0.2) is 0 Å². The van der Waals surface area contributed by atoms with E-state index < -0.39 is 6.04 Å². The van der Waals surface area contributed by atoms with Gasteiger partial charge in [0, 0.05) is 31.4 Å². The first-order valence-corrected chi connectivity index (χ1v) is 10.3. The van der Waals surface area contributed by atoms with Crippen molar-refractivity contribution in [2.45, 2.75) is 18.6 Å². The van der Waals surface area contributed by atoms with Crippen LogP contribution in [0.2, 0.25) is 0 Å². The van der Waals surface area contributed by atoms with Crippen molar-refractivity contribution in [2.24, 2.45) is 0 Å². The fourth-order valence-electron chi connectivity index (χ4n) is 3.81. The number of rotatable bonds is 5. The maximum Gasteiger partial charge on any atom is 0.322 e. The number of aromatic nitrogens is 1. The quantitative estimate of drug-likeness (QED) is 0.786. The average Bonchev–Trinajstić information content (AvgIpc) is 3.24. The van der Waals surface area contributed by atoms with E-state index in [2.05, 4.69) is 10.3 Å². The molecule has 2 unspecified atom stereocenters. The topological polar surface area (TPSA) is 93.2 Å². The molecule has 2 aliphatic rings. The molecule has 3 amide bonds. The number of hydrogen-bond acceptors (Lipinski definition) is 6. The Kier molecular flexibility index (Phi) is 6.51. The van der Waals surface area contributed by atoms with Gasteiger partial charge in [-0.05, 0) is 36.4 Å². The molecule has 1 N–H and O–H groups in total. The Morgan fingerprint density at radius 1 is 1.13 bits per heavy atom. The molecule has 1 aromatic heterocycles. The average molecular weight is 426 g/mol. The van der Waals surface area contributed by atoms with Crippen LogP contribution in [0.5, 0.6) is 11.5 Å². The van der Waals surface area contributed by atoms with Crippen molar-refractivity contribution in [1.29, 1.82) is 0 Å². The summed E-state index contributed by atoms with van der Waals surface area (Å²) >= 11 is 0. The summed E-state index contributed by atoms with van der Waals surface area (Å²) in [7, 11) is 1.59. The largest absolute Gasteiger partial charge is 0.497 e. The van der Waals surface area contributed by atoms with Gasteiger partial charge in [0.1, 0.15) is 23.6 Å². The van der Waals surface area contributed by atoms with Crippen LogP contribution in [0, 0.1) is 0 Å². The molecule has 9 heteroatoms. The lowest BCUT2D eigenvalue weighted by Gasteiger charge is -2.32. The highest BCUT2D eigenvalue weighted by molar-refractivity contribution is 5.94. The summed E-state index contributed by atoms with van der Waals surface area (Å²) < 4.78 is 16.5. The van der Waals surface area contributed by atoms with E-state index in [-0.39, 0.29) is 18.0 Å². The molecular formula is C22H26N4O5. The third kappa shape index (κ3) is 5.05. The van der Waals surface area contributed by atoms with Crippen LogP contribution < -0.4 is 14.8 Å². The first kappa shape index (κ1) is 20.9. The van der Waals surface area contributed by atoms with Gasteiger partial charge in [-0.3, -0.25) is 9.78 Å². The zero-order valence-electron chi connectivity index (χ0n) is 17.4. The van der Waals surface area contributed by atoms with Gasteiger partial charge in [0.05, 0.1) is 33.1 Å². The normalized spacial score (nSPS) is 20.9. The number of carbonyl (C=O) groups excluding carboxylic acids is 2. The van der Waals surface area contributed by atoms with Crippen molar-refractivity contribution in [2.75, 3.05) is 45.3 Å². The molecule has 4 rings (SSSR count). The van der Waals surface area contributed by atoms with Crippen molar-refractivity contribution in [3.05, 3.63) is 48.8 Å². The molecule has 3 heterocycles. The van der Waals surface area contributed by atoms with E-state index in [1.54, 1.807) is 59.6 Å². The van der Waals surface area contributed by atoms with Gasteiger partial charge in [0.2, 0.25) is 5.91 Å². The second kappa shape index (κ2) is 9.65. The van der Waals surface area contributed by atoms with Crippen LogP contribution in [0.4, 0.5) is 10.5 Å². The lowest BCUT2D eigenvalue weighted by Crippen LogP contribution is -2.51. The molecule has 9 nitrogen and oxygen atoms in total. The SMILES string of the molecule is COc1ccc(NC(=O)N2CC(Oc3cccnc3)CC2C(=O)N2CCOCC2)cc1. The zero-order valence-corrected chi connectivity index (χ0v) is 17.4. The molecule has 164 valence electrons. The minimum Gasteiger partial charge on any atom is -0.497 e. The molecule has 0 bridgehead atoms. The third-order valence-corrected chi connectivity index (χ3v) is 5.41. The number of hydrogen-bond donors (Lipinski definition) is 1. The second-order valence-corrected chi connectivity index (χ2v) is 7.43. The number of carbonyl (C=O) groups is 2. The fraction of sp³-hybridized carbons (Fsp3) is 0.409. The van der Waals surface area contributed by atoms with E-state index in [0.717, 1.165) is 0 Å². The predicted octanol–water partition coefficient (Wildman–Crippen LogP) is 2.00. The molecule has 2 aromatic rings. The molecule has 31 heavy (non-hydrogen) atoms. The van der Waals surface area contributed by atoms with Gasteiger partial charge in [-0.2, -0.15) is 0 Å². The molecule has 0 spiro atoms. The molecule has 2 fully saturated rings. The molecule has 0 radical (unpaired) electrons. The van der Waals surface area contributed by atoms with Crippen LogP contribution in [0.3, 0.4) is 0 Å². The molecule has 2 saturated heterocycles. The van der Waals surface area contributed by atoms with Crippen molar-refractivity contribution in [1.82, 2.24) is 14.8 Å². The van der Waals surface area contributed by atoms with Crippen molar-refractivity contribution < 1.29 is 23.8 Å². The van der Waals surface area contributed by atoms with Gasteiger partial charge in [-0.25, -0.2) is 4.79 Å². The van der Waals surface area contributed by atoms with Crippen molar-refractivity contribution >= 4 is 17.6 Å². The van der Waals surface area contributed by atoms with Gasteiger partial charge in [0.25, 0.3) is 0 Å². The third-order valence-electron chi connectivity index (χ3n) is 5.41. The van der Waals surface area contributed by atoms with Crippen LogP contribution in [0.1, 0.15) is 6.42 Å². The molecule has 0 aliphatic carbocycles. The van der Waals surface area contributed by atoms with E-state index in [9.17, 15) is 9.59 Å². The number of ether oxygens (including phenoxy) is 3. The van der Waals surface area contributed by atoms with E-state index in [0.29, 0.717) is 56.5 Å². The minimum absolute atomic E-state index is 0.0783. The van der Waals surface area contributed by atoms with Crippen LogP contribution in [-0.2, 0) is 9.53 Å². The monoisotopic (exact) mass is 426 g/mol. The maximum absolute atomic E-state index is 13.2. The van der Waals surface area contributed by atoms with Crippen LogP contribution in [0.25, 0.3) is 0 Å². The Hall–Kier alpha value is -3.33. The first-order chi connectivity index (χ1) is 15.1. The number of morpholine rings is 1. The summed E-state index contributed by atoms with van der Waals surface area (Å²) in [6, 6.07) is 9.71. The second-order valence-electron chi connectivity index (χ2n) is 7.43. The Morgan fingerprint density at radius 3 is 2.58 bits per heavy atom. The van der Waals surface area contributed by atoms with E-state index in [1.165, 1.54) is 0 Å². The number of amides is 3. The van der Waals surface area contributed by atoms with Crippen LogP contribution in [-0.4, -0.2) is 78.8 Å². The van der Waals surface area contributed by atoms with E-state index in [1.807, 2.05) is 6.07 Å². The summed E-state index contributed by atoms with van der Waals surface area (Å²) in [6.07, 6.45) is 3.40. The number of anilines is 1. The summed E-state index contributed by atoms with van der Waals surface area (Å²) in [5.41, 5.74) is 0.625. The summed E-state index contributed by atoms with van der Waals surface area (Å²) in [6.45, 7) is 2.37. The lowest BCUT2D eigenvalue weighted by molar-refractivity contribution is -0.139. The Bertz CT molecular complexity index is 887. The Balaban J connectivity index is 1.49. The van der Waals surface area contributed by atoms with Gasteiger partial charge in [-0.1, -0.05) is 0 Å². The lowest BCUT2D eigenvalue weighted by atomic mass is 10.1. The number of pyridine rings is 1. The van der Waals surface area contributed by atoms with Crippen molar-refractivity contribution in [3.8, 4) is 11.5 Å². The minimum atomic E-state index is -0.599. The van der Waals surface area contributed by atoms with E-state index in [4.69, 9.17) is 14.2 Å². The molecule has 1 aromatic carbocycles. The van der Waals surface area contributed by atoms with Crippen LogP contribution in [0.15, 0.2) is 48.8 Å². The zero-order chi connectivity index (χ0) is 21.6. The number of benzene rings is 1. The standard InChI is InChI=1S/C22H26N4O5/c1-29-17-6-4-16(5-7-17)24-22(28)26-15-19(31-18-3-2-8-23-14-18)13-20(26)21(27)25-9-11-30-12-10-25/h2-8,14,19-20H,9-13,15H2,1H3,(H,24,28). The van der Waals surface area contributed by atoms with Gasteiger partial charge in [-0.15, -0.1) is 0 Å². The van der Waals surface area contributed by atoms with Gasteiger partial charge < -0.3 is 29.3 Å². The summed E-state index contributed by atoms with van der Waals surface area (Å²) in [5.74, 6) is 1.23.